The van der Waals surface area contributed by atoms with Crippen LogP contribution < -0.4 is 9.04 Å². The molecule has 46 heavy (non-hydrogen) atoms. The Hall–Kier alpha value is -4.26. The molecule has 5 rings (SSSR count). The van der Waals surface area contributed by atoms with Crippen molar-refractivity contribution in [3.63, 3.8) is 0 Å². The predicted molar refractivity (Wildman–Crippen MR) is 171 cm³/mol. The molecule has 1 fully saturated rings. The molecule has 1 aromatic heterocycles. The molecule has 0 atom stereocenters. The van der Waals surface area contributed by atoms with Crippen LogP contribution in [0.25, 0.3) is 22.3 Å². The molecular weight excluding hydrogens is 617 g/mol. The van der Waals surface area contributed by atoms with Gasteiger partial charge >= 0.3 is 5.97 Å². The maximum Gasteiger partial charge on any atom is 0.339 e. The van der Waals surface area contributed by atoms with Gasteiger partial charge in [0.1, 0.15) is 28.5 Å². The Kier molecular flexibility index (Phi) is 10.1. The number of carbonyl (C=O) groups is 2. The summed E-state index contributed by atoms with van der Waals surface area (Å²) in [6, 6.07) is 14.0. The lowest BCUT2D eigenvalue weighted by Crippen LogP contribution is -2.34. The molecule has 0 saturated heterocycles. The molecule has 0 amide bonds. The van der Waals surface area contributed by atoms with Gasteiger partial charge in [-0.3, -0.25) is 9.10 Å². The smallest absolute Gasteiger partial charge is 0.339 e. The van der Waals surface area contributed by atoms with Crippen molar-refractivity contribution in [2.75, 3.05) is 44.0 Å². The number of nitrogens with zero attached hydrogens (tertiary/aromatic N) is 1. The lowest BCUT2D eigenvalue weighted by molar-refractivity contribution is 0.0435. The zero-order chi connectivity index (χ0) is 33.0. The minimum absolute atomic E-state index is 0.0385. The number of anilines is 1. The normalized spacial score (nSPS) is 13.2. The van der Waals surface area contributed by atoms with Gasteiger partial charge in [0.25, 0.3) is 0 Å². The maximum atomic E-state index is 13.7. The molecule has 1 saturated carbocycles. The highest BCUT2D eigenvalue weighted by atomic mass is 32.2. The van der Waals surface area contributed by atoms with E-state index in [-0.39, 0.29) is 62.4 Å². The van der Waals surface area contributed by atoms with Gasteiger partial charge in [-0.2, -0.15) is 0 Å². The van der Waals surface area contributed by atoms with Gasteiger partial charge in [-0.15, -0.1) is 0 Å². The highest BCUT2D eigenvalue weighted by Gasteiger charge is 2.33. The van der Waals surface area contributed by atoms with Crippen LogP contribution in [0.5, 0.6) is 5.75 Å². The quantitative estimate of drug-likeness (QED) is 0.108. The maximum absolute atomic E-state index is 13.7. The first-order valence-electron chi connectivity index (χ1n) is 14.9. The zero-order valence-electron chi connectivity index (χ0n) is 25.9. The minimum atomic E-state index is -3.73. The molecular formula is C34H36FNO9S. The number of methoxy groups -OCH3 is 1. The number of rotatable bonds is 16. The SMILES string of the molecule is CCC(=O)c1c(-c2ccc(F)cc2)oc2cc(N(CCOCCOCc3ccc(OC)c(C(=O)O)c3)S(C)(=O)=O)c(C3CC3)cc12. The van der Waals surface area contributed by atoms with Crippen molar-refractivity contribution in [3.8, 4) is 17.1 Å². The second-order valence-corrected chi connectivity index (χ2v) is 13.0. The number of benzene rings is 3. The number of sulfonamides is 1. The second kappa shape index (κ2) is 14.0. The Morgan fingerprint density at radius 3 is 2.37 bits per heavy atom. The van der Waals surface area contributed by atoms with E-state index in [0.717, 1.165) is 24.7 Å². The molecule has 0 unspecified atom stereocenters. The van der Waals surface area contributed by atoms with Gasteiger partial charge in [0.15, 0.2) is 5.78 Å². The van der Waals surface area contributed by atoms with Crippen LogP contribution in [0.4, 0.5) is 10.1 Å². The summed E-state index contributed by atoms with van der Waals surface area (Å²) in [4.78, 5) is 24.6. The van der Waals surface area contributed by atoms with Crippen molar-refractivity contribution < 1.29 is 46.1 Å². The summed E-state index contributed by atoms with van der Waals surface area (Å²) in [6.07, 6.45) is 3.16. The summed E-state index contributed by atoms with van der Waals surface area (Å²) >= 11 is 0. The van der Waals surface area contributed by atoms with E-state index in [9.17, 15) is 27.5 Å². The van der Waals surface area contributed by atoms with Crippen molar-refractivity contribution in [2.24, 2.45) is 0 Å². The number of hydrogen-bond acceptors (Lipinski definition) is 8. The van der Waals surface area contributed by atoms with Gasteiger partial charge in [0.2, 0.25) is 10.0 Å². The van der Waals surface area contributed by atoms with E-state index >= 15 is 0 Å². The van der Waals surface area contributed by atoms with Crippen molar-refractivity contribution in [1.82, 2.24) is 0 Å². The van der Waals surface area contributed by atoms with Gasteiger partial charge in [-0.1, -0.05) is 13.0 Å². The molecule has 1 N–H and O–H groups in total. The Morgan fingerprint density at radius 1 is 1.02 bits per heavy atom. The first kappa shape index (κ1) is 33.1. The van der Waals surface area contributed by atoms with Gasteiger partial charge in [0, 0.05) is 23.4 Å². The highest BCUT2D eigenvalue weighted by Crippen LogP contribution is 2.48. The highest BCUT2D eigenvalue weighted by molar-refractivity contribution is 7.92. The predicted octanol–water partition coefficient (Wildman–Crippen LogP) is 6.42. The first-order chi connectivity index (χ1) is 22.0. The van der Waals surface area contributed by atoms with E-state index in [1.165, 1.54) is 29.6 Å². The second-order valence-electron chi connectivity index (χ2n) is 11.1. The van der Waals surface area contributed by atoms with Crippen LogP contribution in [-0.4, -0.2) is 65.0 Å². The van der Waals surface area contributed by atoms with Gasteiger partial charge < -0.3 is 23.7 Å². The number of carboxylic acid groups (broad SMARTS) is 1. The van der Waals surface area contributed by atoms with Crippen LogP contribution in [0.1, 0.15) is 63.9 Å². The summed E-state index contributed by atoms with van der Waals surface area (Å²) in [5.74, 6) is -0.913. The minimum Gasteiger partial charge on any atom is -0.496 e. The van der Waals surface area contributed by atoms with Crippen LogP contribution in [-0.2, 0) is 26.1 Å². The average Bonchev–Trinajstić information content (AvgIpc) is 3.81. The number of aromatic carboxylic acids is 1. The fourth-order valence-corrected chi connectivity index (χ4v) is 6.30. The van der Waals surface area contributed by atoms with Crippen molar-refractivity contribution >= 4 is 38.4 Å². The molecule has 0 radical (unpaired) electrons. The van der Waals surface area contributed by atoms with Crippen LogP contribution in [0.2, 0.25) is 0 Å². The molecule has 0 bridgehead atoms. The molecule has 4 aromatic rings. The summed E-state index contributed by atoms with van der Waals surface area (Å²) in [7, 11) is -2.33. The van der Waals surface area contributed by atoms with Crippen LogP contribution >= 0.6 is 0 Å². The monoisotopic (exact) mass is 653 g/mol. The van der Waals surface area contributed by atoms with E-state index in [1.807, 2.05) is 6.07 Å². The van der Waals surface area contributed by atoms with E-state index in [1.54, 1.807) is 37.3 Å². The van der Waals surface area contributed by atoms with E-state index in [2.05, 4.69) is 0 Å². The number of carbonyl (C=O) groups excluding carboxylic acids is 1. The molecule has 12 heteroatoms. The molecule has 1 aliphatic carbocycles. The van der Waals surface area contributed by atoms with E-state index in [4.69, 9.17) is 18.6 Å². The standard InChI is InChI=1S/C34H36FNO9S/c1-4-29(37)32-26-18-25(22-6-7-22)28(19-31(26)45-33(32)23-8-10-24(35)11-9-23)36(46(3,40)41)13-14-43-15-16-44-20-21-5-12-30(42-2)27(17-21)34(38)39/h5,8-12,17-19,22H,4,6-7,13-16,20H2,1-3H3,(H,38,39). The fourth-order valence-electron chi connectivity index (χ4n) is 5.38. The number of Topliss-reactive ketones (excluding diaryl/α,β-unsaturated/α-hetero) is 1. The fraction of sp³-hybridized carbons (Fsp3) is 0.353. The van der Waals surface area contributed by atoms with Crippen LogP contribution in [0.15, 0.2) is 59.0 Å². The van der Waals surface area contributed by atoms with Crippen molar-refractivity contribution in [1.29, 1.82) is 0 Å². The summed E-state index contributed by atoms with van der Waals surface area (Å²) in [5.41, 5.74) is 3.31. The third-order valence-corrected chi connectivity index (χ3v) is 8.98. The number of ketones is 1. The number of carboxylic acids is 1. The number of hydrogen-bond donors (Lipinski definition) is 1. The average molecular weight is 654 g/mol. The molecule has 0 spiro atoms. The first-order valence-corrected chi connectivity index (χ1v) is 16.8. The lowest BCUT2D eigenvalue weighted by atomic mass is 9.97. The molecule has 0 aliphatic heterocycles. The topological polar surface area (TPSA) is 133 Å². The van der Waals surface area contributed by atoms with Crippen LogP contribution in [0.3, 0.4) is 0 Å². The van der Waals surface area contributed by atoms with E-state index in [0.29, 0.717) is 39.1 Å². The molecule has 3 aromatic carbocycles. The Balaban J connectivity index is 1.31. The Bertz CT molecular complexity index is 1850. The lowest BCUT2D eigenvalue weighted by Gasteiger charge is -2.25. The van der Waals surface area contributed by atoms with Gasteiger partial charge in [-0.25, -0.2) is 17.6 Å². The molecule has 1 heterocycles. The Morgan fingerprint density at radius 2 is 1.74 bits per heavy atom. The number of ether oxygens (including phenoxy) is 3. The number of fused-ring (bicyclic) bond motifs is 1. The number of furan rings is 1. The van der Waals surface area contributed by atoms with Crippen molar-refractivity contribution in [3.05, 3.63) is 82.7 Å². The zero-order valence-corrected chi connectivity index (χ0v) is 26.7. The largest absolute Gasteiger partial charge is 0.496 e. The van der Waals surface area contributed by atoms with Gasteiger partial charge in [-0.05, 0) is 72.4 Å². The van der Waals surface area contributed by atoms with Gasteiger partial charge in [0.05, 0.1) is 57.6 Å². The number of halogens is 1. The summed E-state index contributed by atoms with van der Waals surface area (Å²) in [6.45, 7) is 2.45. The summed E-state index contributed by atoms with van der Waals surface area (Å²) in [5, 5.41) is 9.96. The third-order valence-electron chi connectivity index (χ3n) is 7.80. The molecule has 244 valence electrons. The molecule has 10 nitrogen and oxygen atoms in total. The summed E-state index contributed by atoms with van der Waals surface area (Å²) < 4.78 is 63.7. The van der Waals surface area contributed by atoms with Crippen LogP contribution in [0, 0.1) is 5.82 Å². The van der Waals surface area contributed by atoms with E-state index < -0.39 is 21.8 Å². The molecule has 1 aliphatic rings. The third kappa shape index (κ3) is 7.41. The Labute approximate surface area is 266 Å². The van der Waals surface area contributed by atoms with Crippen molar-refractivity contribution in [2.45, 2.75) is 38.7 Å².